The number of fused-ring (bicyclic) bond motifs is 1. The van der Waals surface area contributed by atoms with Crippen molar-refractivity contribution >= 4 is 28.1 Å². The Balaban J connectivity index is 1.54. The number of nitrogens with zero attached hydrogens (tertiary/aromatic N) is 5. The molecule has 1 aliphatic rings. The predicted molar refractivity (Wildman–Crippen MR) is 101 cm³/mol. The second-order valence-electron chi connectivity index (χ2n) is 6.68. The minimum absolute atomic E-state index is 0.0480. The van der Waals surface area contributed by atoms with E-state index < -0.39 is 12.2 Å². The fourth-order valence-electron chi connectivity index (χ4n) is 3.09. The first kappa shape index (κ1) is 17.9. The summed E-state index contributed by atoms with van der Waals surface area (Å²) in [6.07, 6.45) is 1.11. The summed E-state index contributed by atoms with van der Waals surface area (Å²) >= 11 is 1.48. The zero-order chi connectivity index (χ0) is 19.0. The second-order valence-corrected chi connectivity index (χ2v) is 7.86. The Hall–Kier alpha value is -2.52. The van der Waals surface area contributed by atoms with Gasteiger partial charge in [-0.15, -0.1) is 10.2 Å². The van der Waals surface area contributed by atoms with E-state index in [0.717, 1.165) is 26.6 Å². The van der Waals surface area contributed by atoms with Crippen LogP contribution < -0.4 is 5.73 Å². The fourth-order valence-corrected chi connectivity index (χ4v) is 3.75. The monoisotopic (exact) mass is 386 g/mol. The zero-order valence-corrected chi connectivity index (χ0v) is 15.6. The topological polar surface area (TPSA) is 97.9 Å². The molecular weight excluding hydrogens is 367 g/mol. The van der Waals surface area contributed by atoms with Crippen LogP contribution in [0, 0.1) is 6.92 Å². The number of likely N-dealkylation sites (tertiary alicyclic amines) is 1. The number of piperidine rings is 1. The smallest absolute Gasteiger partial charge is 0.228 e. The van der Waals surface area contributed by atoms with Gasteiger partial charge in [-0.25, -0.2) is 9.37 Å². The lowest BCUT2D eigenvalue weighted by atomic mass is 10.0. The average molecular weight is 386 g/mol. The molecule has 140 valence electrons. The van der Waals surface area contributed by atoms with Gasteiger partial charge in [0, 0.05) is 24.2 Å². The molecule has 0 saturated carbocycles. The van der Waals surface area contributed by atoms with Gasteiger partial charge in [0.25, 0.3) is 0 Å². The molecule has 4 heterocycles. The predicted octanol–water partition coefficient (Wildman–Crippen LogP) is 1.90. The summed E-state index contributed by atoms with van der Waals surface area (Å²) in [5, 5.41) is 10.6. The van der Waals surface area contributed by atoms with E-state index in [1.807, 2.05) is 19.1 Å². The largest absolute Gasteiger partial charge is 0.339 e. The fraction of sp³-hybridized carbons (Fsp3) is 0.389. The first-order valence-electron chi connectivity index (χ1n) is 8.73. The molecule has 27 heavy (non-hydrogen) atoms. The Kier molecular flexibility index (Phi) is 4.79. The Morgan fingerprint density at radius 3 is 3.00 bits per heavy atom. The molecule has 7 nitrogen and oxygen atoms in total. The molecule has 0 bridgehead atoms. The molecule has 2 atom stereocenters. The van der Waals surface area contributed by atoms with Crippen LogP contribution in [0.25, 0.3) is 21.6 Å². The molecule has 1 saturated heterocycles. The van der Waals surface area contributed by atoms with Crippen LogP contribution in [0.5, 0.6) is 0 Å². The molecule has 3 aromatic heterocycles. The molecule has 1 amide bonds. The number of rotatable bonds is 3. The van der Waals surface area contributed by atoms with Crippen molar-refractivity contribution in [2.24, 2.45) is 5.73 Å². The molecule has 4 rings (SSSR count). The Bertz CT molecular complexity index is 993. The van der Waals surface area contributed by atoms with E-state index in [1.54, 1.807) is 12.3 Å². The highest BCUT2D eigenvalue weighted by Gasteiger charge is 2.29. The number of aryl methyl sites for hydroxylation is 1. The molecule has 0 unspecified atom stereocenters. The highest BCUT2D eigenvalue weighted by molar-refractivity contribution is 7.14. The van der Waals surface area contributed by atoms with E-state index in [1.165, 1.54) is 16.2 Å². The molecular formula is C18H19FN6OS. The third-order valence-corrected chi connectivity index (χ3v) is 5.51. The summed E-state index contributed by atoms with van der Waals surface area (Å²) in [6.45, 7) is 2.42. The van der Waals surface area contributed by atoms with Crippen LogP contribution >= 0.6 is 11.3 Å². The molecule has 9 heteroatoms. The molecule has 1 aliphatic heterocycles. The first-order chi connectivity index (χ1) is 13.0. The van der Waals surface area contributed by atoms with Crippen molar-refractivity contribution in [3.63, 3.8) is 0 Å². The van der Waals surface area contributed by atoms with Crippen LogP contribution in [-0.4, -0.2) is 56.3 Å². The van der Waals surface area contributed by atoms with Crippen LogP contribution in [0.1, 0.15) is 17.1 Å². The summed E-state index contributed by atoms with van der Waals surface area (Å²) in [4.78, 5) is 23.0. The van der Waals surface area contributed by atoms with E-state index in [-0.39, 0.29) is 18.9 Å². The van der Waals surface area contributed by atoms with Gasteiger partial charge in [0.15, 0.2) is 5.01 Å². The van der Waals surface area contributed by atoms with Gasteiger partial charge >= 0.3 is 0 Å². The number of carbonyl (C=O) groups is 1. The van der Waals surface area contributed by atoms with Crippen LogP contribution in [0.4, 0.5) is 4.39 Å². The normalized spacial score (nSPS) is 20.2. The van der Waals surface area contributed by atoms with Gasteiger partial charge < -0.3 is 10.6 Å². The van der Waals surface area contributed by atoms with Crippen molar-refractivity contribution in [2.75, 3.05) is 13.1 Å². The lowest BCUT2D eigenvalue weighted by Crippen LogP contribution is -2.50. The average Bonchev–Trinajstić information content (AvgIpc) is 3.09. The number of pyridine rings is 2. The van der Waals surface area contributed by atoms with E-state index in [0.29, 0.717) is 18.7 Å². The third-order valence-electron chi connectivity index (χ3n) is 4.65. The molecule has 0 spiro atoms. The Morgan fingerprint density at radius 1 is 1.41 bits per heavy atom. The zero-order valence-electron chi connectivity index (χ0n) is 14.8. The van der Waals surface area contributed by atoms with E-state index in [2.05, 4.69) is 20.2 Å². The van der Waals surface area contributed by atoms with Gasteiger partial charge in [0.05, 0.1) is 24.2 Å². The Labute approximate surface area is 159 Å². The summed E-state index contributed by atoms with van der Waals surface area (Å²) < 4.78 is 13.8. The highest BCUT2D eigenvalue weighted by Crippen LogP contribution is 2.24. The maximum atomic E-state index is 13.8. The van der Waals surface area contributed by atoms with Gasteiger partial charge in [-0.3, -0.25) is 9.78 Å². The van der Waals surface area contributed by atoms with Crippen molar-refractivity contribution in [2.45, 2.75) is 32.0 Å². The summed E-state index contributed by atoms with van der Waals surface area (Å²) in [5.74, 6) is -0.146. The van der Waals surface area contributed by atoms with E-state index in [9.17, 15) is 9.18 Å². The number of alkyl halides is 1. The van der Waals surface area contributed by atoms with Gasteiger partial charge in [0.1, 0.15) is 16.9 Å². The van der Waals surface area contributed by atoms with E-state index >= 15 is 0 Å². The highest BCUT2D eigenvalue weighted by atomic mass is 32.1. The number of hydrogen-bond donors (Lipinski definition) is 1. The number of amides is 1. The van der Waals surface area contributed by atoms with Gasteiger partial charge in [-0.05, 0) is 31.5 Å². The minimum atomic E-state index is -1.17. The minimum Gasteiger partial charge on any atom is -0.339 e. The first-order valence-corrected chi connectivity index (χ1v) is 9.55. The number of hydrogen-bond acceptors (Lipinski definition) is 7. The van der Waals surface area contributed by atoms with Crippen molar-refractivity contribution in [3.05, 3.63) is 35.1 Å². The lowest BCUT2D eigenvalue weighted by molar-refractivity contribution is -0.132. The number of aromatic nitrogens is 4. The molecule has 2 N–H and O–H groups in total. The quantitative estimate of drug-likeness (QED) is 0.738. The van der Waals surface area contributed by atoms with Crippen molar-refractivity contribution in [3.8, 4) is 10.7 Å². The van der Waals surface area contributed by atoms with E-state index in [4.69, 9.17) is 5.73 Å². The number of carbonyl (C=O) groups excluding carboxylic acids is 1. The lowest BCUT2D eigenvalue weighted by Gasteiger charge is -2.32. The SMILES string of the molecule is Cc1nnc(-c2ccc3cnc(CC(=O)N4CC[C@H](N)[C@@H](F)C4)cc3n2)s1. The molecule has 0 aliphatic carbocycles. The van der Waals surface area contributed by atoms with Crippen LogP contribution in [0.3, 0.4) is 0 Å². The number of halogens is 1. The van der Waals surface area contributed by atoms with Crippen molar-refractivity contribution in [1.29, 1.82) is 0 Å². The second kappa shape index (κ2) is 7.24. The maximum Gasteiger partial charge on any atom is 0.228 e. The standard InChI is InChI=1S/C18H19FN6OS/c1-10-23-24-18(27-10)15-3-2-11-8-21-12(6-16(11)22-15)7-17(26)25-5-4-14(20)13(19)9-25/h2-3,6,8,13-14H,4-5,7,9,20H2,1H3/t13-,14-/m0/s1. The molecule has 0 aromatic carbocycles. The van der Waals surface area contributed by atoms with Crippen LogP contribution in [0.2, 0.25) is 0 Å². The Morgan fingerprint density at radius 2 is 2.26 bits per heavy atom. The van der Waals surface area contributed by atoms with Crippen LogP contribution in [0.15, 0.2) is 24.4 Å². The van der Waals surface area contributed by atoms with Crippen molar-refractivity contribution in [1.82, 2.24) is 25.1 Å². The van der Waals surface area contributed by atoms with Crippen LogP contribution in [-0.2, 0) is 11.2 Å². The van der Waals surface area contributed by atoms with Gasteiger partial charge in [-0.1, -0.05) is 11.3 Å². The van der Waals surface area contributed by atoms with Crippen molar-refractivity contribution < 1.29 is 9.18 Å². The third kappa shape index (κ3) is 3.79. The van der Waals surface area contributed by atoms with Gasteiger partial charge in [-0.2, -0.15) is 0 Å². The summed E-state index contributed by atoms with van der Waals surface area (Å²) in [6, 6.07) is 5.12. The molecule has 3 aromatic rings. The van der Waals surface area contributed by atoms with Gasteiger partial charge in [0.2, 0.25) is 5.91 Å². The molecule has 1 fully saturated rings. The summed E-state index contributed by atoms with van der Waals surface area (Å²) in [7, 11) is 0. The molecule has 0 radical (unpaired) electrons. The summed E-state index contributed by atoms with van der Waals surface area (Å²) in [5.41, 5.74) is 7.76. The number of nitrogens with two attached hydrogens (primary N) is 1. The maximum absolute atomic E-state index is 13.8.